The lowest BCUT2D eigenvalue weighted by atomic mass is 9.87. The molecule has 0 aliphatic carbocycles. The standard InChI is InChI=1S/C20H28N4O2/c1-3-16-12-21-19(22-13-16)24-8-6-20(7-9-24)11-17(15-26-20)23(2)14-18-5-4-10-25-18/h4-5,10,12-13,17H,3,6-9,11,14-15H2,1-2H3/t17-/m0/s1. The Hall–Kier alpha value is -1.92. The number of rotatable bonds is 5. The van der Waals surface area contributed by atoms with Gasteiger partial charge >= 0.3 is 0 Å². The van der Waals surface area contributed by atoms with Crippen LogP contribution in [0.2, 0.25) is 0 Å². The highest BCUT2D eigenvalue weighted by Crippen LogP contribution is 2.38. The smallest absolute Gasteiger partial charge is 0.225 e. The summed E-state index contributed by atoms with van der Waals surface area (Å²) in [4.78, 5) is 13.7. The predicted molar refractivity (Wildman–Crippen MR) is 100 cm³/mol. The monoisotopic (exact) mass is 356 g/mol. The predicted octanol–water partition coefficient (Wildman–Crippen LogP) is 2.89. The summed E-state index contributed by atoms with van der Waals surface area (Å²) >= 11 is 0. The summed E-state index contributed by atoms with van der Waals surface area (Å²) < 4.78 is 11.8. The van der Waals surface area contributed by atoms with Crippen molar-refractivity contribution < 1.29 is 9.15 Å². The second-order valence-electron chi connectivity index (χ2n) is 7.58. The first-order valence-corrected chi connectivity index (χ1v) is 9.60. The van der Waals surface area contributed by atoms with Crippen LogP contribution in [0.25, 0.3) is 0 Å². The van der Waals surface area contributed by atoms with Crippen LogP contribution in [0, 0.1) is 0 Å². The Morgan fingerprint density at radius 2 is 2.04 bits per heavy atom. The van der Waals surface area contributed by atoms with E-state index in [0.29, 0.717) is 6.04 Å². The minimum atomic E-state index is 0.0158. The van der Waals surface area contributed by atoms with E-state index < -0.39 is 0 Å². The molecule has 0 amide bonds. The van der Waals surface area contributed by atoms with Gasteiger partial charge in [0, 0.05) is 31.5 Å². The van der Waals surface area contributed by atoms with Crippen LogP contribution in [0.3, 0.4) is 0 Å². The Bertz CT molecular complexity index is 693. The fraction of sp³-hybridized carbons (Fsp3) is 0.600. The molecule has 4 heterocycles. The first-order valence-electron chi connectivity index (χ1n) is 9.60. The maximum Gasteiger partial charge on any atom is 0.225 e. The molecule has 0 N–H and O–H groups in total. The van der Waals surface area contributed by atoms with Crippen molar-refractivity contribution in [2.45, 2.75) is 50.8 Å². The molecule has 1 atom stereocenters. The Labute approximate surface area is 155 Å². The quantitative estimate of drug-likeness (QED) is 0.821. The third-order valence-electron chi connectivity index (χ3n) is 5.86. The topological polar surface area (TPSA) is 54.6 Å². The Balaban J connectivity index is 1.32. The van der Waals surface area contributed by atoms with Crippen LogP contribution < -0.4 is 4.90 Å². The SMILES string of the molecule is CCc1cnc(N2CCC3(CC2)C[C@H](N(C)Cc2ccco2)CO3)nc1. The van der Waals surface area contributed by atoms with Gasteiger partial charge in [0.25, 0.3) is 0 Å². The molecule has 2 aromatic heterocycles. The van der Waals surface area contributed by atoms with Crippen molar-refractivity contribution in [2.75, 3.05) is 31.6 Å². The molecule has 0 radical (unpaired) electrons. The van der Waals surface area contributed by atoms with Gasteiger partial charge in [-0.3, -0.25) is 4.90 Å². The van der Waals surface area contributed by atoms with Gasteiger partial charge in [-0.05, 0) is 50.4 Å². The Morgan fingerprint density at radius 1 is 1.27 bits per heavy atom. The van der Waals surface area contributed by atoms with Crippen molar-refractivity contribution >= 4 is 5.95 Å². The fourth-order valence-corrected chi connectivity index (χ4v) is 4.04. The van der Waals surface area contributed by atoms with Crippen LogP contribution in [0.15, 0.2) is 35.2 Å². The van der Waals surface area contributed by atoms with E-state index in [1.165, 1.54) is 5.56 Å². The van der Waals surface area contributed by atoms with Gasteiger partial charge in [0.1, 0.15) is 5.76 Å². The molecular formula is C20H28N4O2. The number of nitrogens with zero attached hydrogens (tertiary/aromatic N) is 4. The van der Waals surface area contributed by atoms with Crippen molar-refractivity contribution in [3.63, 3.8) is 0 Å². The van der Waals surface area contributed by atoms with Gasteiger partial charge in [-0.25, -0.2) is 9.97 Å². The molecule has 26 heavy (non-hydrogen) atoms. The number of hydrogen-bond acceptors (Lipinski definition) is 6. The molecule has 2 aliphatic heterocycles. The van der Waals surface area contributed by atoms with Crippen LogP contribution >= 0.6 is 0 Å². The third-order valence-corrected chi connectivity index (χ3v) is 5.86. The molecule has 6 nitrogen and oxygen atoms in total. The molecule has 140 valence electrons. The van der Waals surface area contributed by atoms with E-state index in [1.807, 2.05) is 24.5 Å². The van der Waals surface area contributed by atoms with Crippen LogP contribution in [-0.2, 0) is 17.7 Å². The normalized spacial score (nSPS) is 22.4. The summed E-state index contributed by atoms with van der Waals surface area (Å²) in [5.74, 6) is 1.86. The van der Waals surface area contributed by atoms with E-state index in [-0.39, 0.29) is 5.60 Å². The summed E-state index contributed by atoms with van der Waals surface area (Å²) in [5.41, 5.74) is 1.20. The van der Waals surface area contributed by atoms with Gasteiger partial charge in [-0.15, -0.1) is 0 Å². The van der Waals surface area contributed by atoms with Crippen molar-refractivity contribution in [3.05, 3.63) is 42.1 Å². The largest absolute Gasteiger partial charge is 0.468 e. The first kappa shape index (κ1) is 17.5. The highest BCUT2D eigenvalue weighted by molar-refractivity contribution is 5.31. The van der Waals surface area contributed by atoms with Crippen molar-refractivity contribution in [3.8, 4) is 0 Å². The second-order valence-corrected chi connectivity index (χ2v) is 7.58. The van der Waals surface area contributed by atoms with Gasteiger partial charge in [0.15, 0.2) is 0 Å². The fourth-order valence-electron chi connectivity index (χ4n) is 4.04. The molecule has 2 aromatic rings. The van der Waals surface area contributed by atoms with Gasteiger partial charge in [0.2, 0.25) is 5.95 Å². The van der Waals surface area contributed by atoms with Gasteiger partial charge < -0.3 is 14.1 Å². The van der Waals surface area contributed by atoms with E-state index in [9.17, 15) is 0 Å². The molecule has 2 aliphatic rings. The van der Waals surface area contributed by atoms with Crippen molar-refractivity contribution in [1.82, 2.24) is 14.9 Å². The molecule has 4 rings (SSSR count). The van der Waals surface area contributed by atoms with E-state index in [4.69, 9.17) is 9.15 Å². The molecule has 6 heteroatoms. The third kappa shape index (κ3) is 3.62. The summed E-state index contributed by atoms with van der Waals surface area (Å²) in [6, 6.07) is 4.43. The first-order chi connectivity index (χ1) is 12.7. The van der Waals surface area contributed by atoms with E-state index in [1.54, 1.807) is 6.26 Å². The number of piperidine rings is 1. The number of furan rings is 1. The number of likely N-dealkylation sites (N-methyl/N-ethyl adjacent to an activating group) is 1. The van der Waals surface area contributed by atoms with Crippen molar-refractivity contribution in [2.24, 2.45) is 0 Å². The number of hydrogen-bond donors (Lipinski definition) is 0. The molecule has 0 bridgehead atoms. The molecule has 0 unspecified atom stereocenters. The summed E-state index contributed by atoms with van der Waals surface area (Å²) in [6.45, 7) is 5.68. The molecule has 2 saturated heterocycles. The summed E-state index contributed by atoms with van der Waals surface area (Å²) in [6.07, 6.45) is 9.77. The number of aryl methyl sites for hydroxylation is 1. The lowest BCUT2D eigenvalue weighted by Gasteiger charge is -2.39. The van der Waals surface area contributed by atoms with Gasteiger partial charge in [-0.2, -0.15) is 0 Å². The van der Waals surface area contributed by atoms with Crippen LogP contribution in [0.4, 0.5) is 5.95 Å². The lowest BCUT2D eigenvalue weighted by Crippen LogP contribution is -2.45. The van der Waals surface area contributed by atoms with E-state index in [0.717, 1.165) is 63.6 Å². The number of aromatic nitrogens is 2. The Morgan fingerprint density at radius 3 is 2.69 bits per heavy atom. The zero-order valence-electron chi connectivity index (χ0n) is 15.7. The maximum atomic E-state index is 6.32. The molecular weight excluding hydrogens is 328 g/mol. The average Bonchev–Trinajstić information content (AvgIpc) is 3.33. The average molecular weight is 356 g/mol. The van der Waals surface area contributed by atoms with Crippen LogP contribution in [0.1, 0.15) is 37.5 Å². The number of ether oxygens (including phenoxy) is 1. The van der Waals surface area contributed by atoms with Crippen LogP contribution in [-0.4, -0.2) is 53.3 Å². The maximum absolute atomic E-state index is 6.32. The highest BCUT2D eigenvalue weighted by atomic mass is 16.5. The van der Waals surface area contributed by atoms with Gasteiger partial charge in [0.05, 0.1) is 25.0 Å². The van der Waals surface area contributed by atoms with Gasteiger partial charge in [-0.1, -0.05) is 6.92 Å². The highest BCUT2D eigenvalue weighted by Gasteiger charge is 2.44. The summed E-state index contributed by atoms with van der Waals surface area (Å²) in [7, 11) is 2.16. The van der Waals surface area contributed by atoms with Crippen LogP contribution in [0.5, 0.6) is 0 Å². The summed E-state index contributed by atoms with van der Waals surface area (Å²) in [5, 5.41) is 0. The van der Waals surface area contributed by atoms with E-state index >= 15 is 0 Å². The van der Waals surface area contributed by atoms with E-state index in [2.05, 4.69) is 33.7 Å². The number of anilines is 1. The Kier molecular flexibility index (Phi) is 4.96. The minimum absolute atomic E-state index is 0.0158. The molecule has 2 fully saturated rings. The van der Waals surface area contributed by atoms with Crippen molar-refractivity contribution in [1.29, 1.82) is 0 Å². The minimum Gasteiger partial charge on any atom is -0.468 e. The zero-order chi connectivity index (χ0) is 18.0. The lowest BCUT2D eigenvalue weighted by molar-refractivity contribution is -0.0159. The molecule has 0 aromatic carbocycles. The second kappa shape index (κ2) is 7.37. The molecule has 1 spiro atoms. The molecule has 0 saturated carbocycles. The zero-order valence-corrected chi connectivity index (χ0v) is 15.7.